The Morgan fingerprint density at radius 2 is 1.86 bits per heavy atom. The lowest BCUT2D eigenvalue weighted by atomic mass is 10.0. The summed E-state index contributed by atoms with van der Waals surface area (Å²) in [5, 5.41) is 0. The molecule has 3 rings (SSSR count). The average molecular weight is 296 g/mol. The zero-order valence-electron chi connectivity index (χ0n) is 12.9. The first-order valence-electron chi connectivity index (χ1n) is 7.42. The van der Waals surface area contributed by atoms with Gasteiger partial charge in [-0.1, -0.05) is 30.3 Å². The maximum atomic E-state index is 12.7. The Kier molecular flexibility index (Phi) is 3.53. The van der Waals surface area contributed by atoms with Crippen molar-refractivity contribution in [1.29, 1.82) is 0 Å². The van der Waals surface area contributed by atoms with E-state index in [0.29, 0.717) is 18.0 Å². The highest BCUT2D eigenvalue weighted by Gasteiger charge is 2.40. The van der Waals surface area contributed by atoms with Gasteiger partial charge in [-0.05, 0) is 38.0 Å². The summed E-state index contributed by atoms with van der Waals surface area (Å²) in [6.45, 7) is 4.19. The van der Waals surface area contributed by atoms with Crippen LogP contribution in [-0.2, 0) is 11.2 Å². The number of carbonyl (C=O) groups excluding carboxylic acids is 1. The number of ether oxygens (including phenoxy) is 1. The normalized spacial score (nSPS) is 16.1. The first kappa shape index (κ1) is 14.4. The van der Waals surface area contributed by atoms with Gasteiger partial charge in [-0.3, -0.25) is 4.79 Å². The van der Waals surface area contributed by atoms with E-state index in [4.69, 9.17) is 10.5 Å². The molecule has 0 saturated carbocycles. The molecule has 1 amide bonds. The van der Waals surface area contributed by atoms with Crippen molar-refractivity contribution < 1.29 is 9.53 Å². The van der Waals surface area contributed by atoms with Crippen LogP contribution in [0.25, 0.3) is 0 Å². The third kappa shape index (κ3) is 2.64. The van der Waals surface area contributed by atoms with Gasteiger partial charge >= 0.3 is 0 Å². The van der Waals surface area contributed by atoms with Crippen LogP contribution in [0.15, 0.2) is 48.5 Å². The number of benzene rings is 2. The van der Waals surface area contributed by atoms with Gasteiger partial charge in [0.1, 0.15) is 5.75 Å². The summed E-state index contributed by atoms with van der Waals surface area (Å²) in [5.41, 5.74) is 7.58. The molecule has 0 bridgehead atoms. The summed E-state index contributed by atoms with van der Waals surface area (Å²) >= 11 is 0. The average Bonchev–Trinajstić information content (AvgIpc) is 2.48. The molecule has 0 aromatic heterocycles. The molecule has 0 spiro atoms. The Morgan fingerprint density at radius 1 is 1.14 bits per heavy atom. The van der Waals surface area contributed by atoms with Crippen LogP contribution in [0.3, 0.4) is 0 Å². The molecule has 4 heteroatoms. The Labute approximate surface area is 130 Å². The molecule has 2 aromatic carbocycles. The number of carbonyl (C=O) groups is 1. The number of hydrogen-bond acceptors (Lipinski definition) is 3. The third-order valence-electron chi connectivity index (χ3n) is 3.87. The van der Waals surface area contributed by atoms with Gasteiger partial charge in [0, 0.05) is 18.3 Å². The van der Waals surface area contributed by atoms with Crippen molar-refractivity contribution in [2.45, 2.75) is 25.9 Å². The highest BCUT2D eigenvalue weighted by Crippen LogP contribution is 2.38. The Hall–Kier alpha value is -2.49. The van der Waals surface area contributed by atoms with Gasteiger partial charge in [0.05, 0.1) is 5.69 Å². The molecule has 114 valence electrons. The number of nitrogens with zero attached hydrogens (tertiary/aromatic N) is 1. The van der Waals surface area contributed by atoms with E-state index in [1.807, 2.05) is 24.3 Å². The lowest BCUT2D eigenvalue weighted by Crippen LogP contribution is -2.53. The van der Waals surface area contributed by atoms with Crippen LogP contribution in [0.5, 0.6) is 5.75 Å². The Balaban J connectivity index is 1.90. The van der Waals surface area contributed by atoms with Gasteiger partial charge in [-0.15, -0.1) is 0 Å². The zero-order valence-corrected chi connectivity index (χ0v) is 12.9. The minimum absolute atomic E-state index is 0.0271. The minimum atomic E-state index is -0.877. The van der Waals surface area contributed by atoms with Crippen molar-refractivity contribution in [3.8, 4) is 5.75 Å². The molecule has 22 heavy (non-hydrogen) atoms. The highest BCUT2D eigenvalue weighted by molar-refractivity contribution is 6.02. The first-order valence-corrected chi connectivity index (χ1v) is 7.42. The lowest BCUT2D eigenvalue weighted by Gasteiger charge is -2.39. The molecule has 2 N–H and O–H groups in total. The smallest absolute Gasteiger partial charge is 0.270 e. The predicted molar refractivity (Wildman–Crippen MR) is 88.1 cm³/mol. The number of fused-ring (bicyclic) bond motifs is 1. The summed E-state index contributed by atoms with van der Waals surface area (Å²) in [6, 6.07) is 15.6. The summed E-state index contributed by atoms with van der Waals surface area (Å²) in [7, 11) is 0. The van der Waals surface area contributed by atoms with Crippen molar-refractivity contribution in [3.63, 3.8) is 0 Å². The third-order valence-corrected chi connectivity index (χ3v) is 3.87. The van der Waals surface area contributed by atoms with Gasteiger partial charge < -0.3 is 15.4 Å². The number of hydrogen-bond donors (Lipinski definition) is 1. The number of anilines is 2. The van der Waals surface area contributed by atoms with Gasteiger partial charge in [-0.2, -0.15) is 0 Å². The summed E-state index contributed by atoms with van der Waals surface area (Å²) in [4.78, 5) is 14.5. The molecule has 0 fully saturated rings. The lowest BCUT2D eigenvalue weighted by molar-refractivity contribution is -0.132. The first-order chi connectivity index (χ1) is 10.5. The van der Waals surface area contributed by atoms with E-state index < -0.39 is 5.60 Å². The standard InChI is InChI=1S/C18H20N2O2/c1-18(2)17(21)20(11-10-13-6-4-3-5-7-13)15-9-8-14(19)12-16(15)22-18/h3-9,12H,10-11,19H2,1-2H3. The highest BCUT2D eigenvalue weighted by atomic mass is 16.5. The molecular formula is C18H20N2O2. The topological polar surface area (TPSA) is 55.6 Å². The maximum Gasteiger partial charge on any atom is 0.270 e. The SMILES string of the molecule is CC1(C)Oc2cc(N)ccc2N(CCc2ccccc2)C1=O. The van der Waals surface area contributed by atoms with Crippen LogP contribution in [0.4, 0.5) is 11.4 Å². The second-order valence-corrected chi connectivity index (χ2v) is 6.03. The number of amides is 1. The second kappa shape index (κ2) is 5.37. The van der Waals surface area contributed by atoms with Crippen LogP contribution >= 0.6 is 0 Å². The fourth-order valence-electron chi connectivity index (χ4n) is 2.70. The Bertz CT molecular complexity index is 695. The predicted octanol–water partition coefficient (Wildman–Crippen LogP) is 3.02. The van der Waals surface area contributed by atoms with Gasteiger partial charge in [0.2, 0.25) is 0 Å². The van der Waals surface area contributed by atoms with Crippen molar-refractivity contribution in [3.05, 3.63) is 54.1 Å². The van der Waals surface area contributed by atoms with Crippen LogP contribution in [0.2, 0.25) is 0 Å². The summed E-state index contributed by atoms with van der Waals surface area (Å²) < 4.78 is 5.82. The van der Waals surface area contributed by atoms with Crippen LogP contribution in [0, 0.1) is 0 Å². The molecular weight excluding hydrogens is 276 g/mol. The van der Waals surface area contributed by atoms with E-state index in [2.05, 4.69) is 12.1 Å². The molecule has 1 heterocycles. The molecule has 1 aliphatic rings. The fraction of sp³-hybridized carbons (Fsp3) is 0.278. The number of nitrogen functional groups attached to an aromatic ring is 1. The molecule has 0 atom stereocenters. The van der Waals surface area contributed by atoms with E-state index in [-0.39, 0.29) is 5.91 Å². The van der Waals surface area contributed by atoms with Gasteiger partial charge in [0.15, 0.2) is 5.60 Å². The quantitative estimate of drug-likeness (QED) is 0.886. The van der Waals surface area contributed by atoms with E-state index >= 15 is 0 Å². The van der Waals surface area contributed by atoms with Crippen molar-refractivity contribution in [2.75, 3.05) is 17.2 Å². The molecule has 2 aromatic rings. The monoisotopic (exact) mass is 296 g/mol. The largest absolute Gasteiger partial charge is 0.476 e. The van der Waals surface area contributed by atoms with Crippen LogP contribution < -0.4 is 15.4 Å². The van der Waals surface area contributed by atoms with E-state index in [1.54, 1.807) is 30.9 Å². The Morgan fingerprint density at radius 3 is 2.59 bits per heavy atom. The van der Waals surface area contributed by atoms with Crippen molar-refractivity contribution in [1.82, 2.24) is 0 Å². The van der Waals surface area contributed by atoms with Crippen LogP contribution in [-0.4, -0.2) is 18.1 Å². The minimum Gasteiger partial charge on any atom is -0.476 e. The molecule has 0 saturated heterocycles. The van der Waals surface area contributed by atoms with E-state index in [9.17, 15) is 4.79 Å². The maximum absolute atomic E-state index is 12.7. The second-order valence-electron chi connectivity index (χ2n) is 6.03. The van der Waals surface area contributed by atoms with Gasteiger partial charge in [-0.25, -0.2) is 0 Å². The van der Waals surface area contributed by atoms with E-state index in [1.165, 1.54) is 5.56 Å². The van der Waals surface area contributed by atoms with Crippen molar-refractivity contribution in [2.24, 2.45) is 0 Å². The molecule has 0 radical (unpaired) electrons. The van der Waals surface area contributed by atoms with Crippen molar-refractivity contribution >= 4 is 17.3 Å². The molecule has 0 unspecified atom stereocenters. The molecule has 4 nitrogen and oxygen atoms in total. The zero-order chi connectivity index (χ0) is 15.7. The van der Waals surface area contributed by atoms with Crippen LogP contribution in [0.1, 0.15) is 19.4 Å². The number of rotatable bonds is 3. The molecule has 0 aliphatic carbocycles. The van der Waals surface area contributed by atoms with E-state index in [0.717, 1.165) is 12.1 Å². The molecule has 1 aliphatic heterocycles. The summed E-state index contributed by atoms with van der Waals surface area (Å²) in [6.07, 6.45) is 0.798. The van der Waals surface area contributed by atoms with Gasteiger partial charge in [0.25, 0.3) is 5.91 Å². The number of nitrogens with two attached hydrogens (primary N) is 1. The fourth-order valence-corrected chi connectivity index (χ4v) is 2.70. The summed E-state index contributed by atoms with van der Waals surface area (Å²) in [5.74, 6) is 0.637.